The van der Waals surface area contributed by atoms with E-state index in [-0.39, 0.29) is 25.4 Å². The van der Waals surface area contributed by atoms with E-state index in [1.54, 1.807) is 4.90 Å². The Kier molecular flexibility index (Phi) is 4.61. The number of carbonyl (C=O) groups is 1. The standard InChI is InChI=1S/C16H21NO5/c18-8-14-10-20-12-16(22-14)6-7-17(11-16)15(19)21-9-13-4-2-1-3-5-13/h1-5,14,18H,6-12H2. The van der Waals surface area contributed by atoms with Gasteiger partial charge in [-0.25, -0.2) is 4.79 Å². The Morgan fingerprint density at radius 3 is 3.00 bits per heavy atom. The lowest BCUT2D eigenvalue weighted by Gasteiger charge is -2.37. The molecule has 0 radical (unpaired) electrons. The van der Waals surface area contributed by atoms with E-state index in [0.29, 0.717) is 32.7 Å². The summed E-state index contributed by atoms with van der Waals surface area (Å²) in [6, 6.07) is 9.59. The highest BCUT2D eigenvalue weighted by Gasteiger charge is 2.45. The fraction of sp³-hybridized carbons (Fsp3) is 0.562. The summed E-state index contributed by atoms with van der Waals surface area (Å²) in [7, 11) is 0. The molecule has 2 saturated heterocycles. The zero-order valence-corrected chi connectivity index (χ0v) is 12.4. The Hall–Kier alpha value is -1.63. The Morgan fingerprint density at radius 2 is 2.23 bits per heavy atom. The van der Waals surface area contributed by atoms with Crippen LogP contribution in [0.1, 0.15) is 12.0 Å². The minimum atomic E-state index is -0.503. The Labute approximate surface area is 129 Å². The normalized spacial score (nSPS) is 28.0. The zero-order chi connectivity index (χ0) is 15.4. The number of amides is 1. The van der Waals surface area contributed by atoms with E-state index < -0.39 is 5.60 Å². The highest BCUT2D eigenvalue weighted by Crippen LogP contribution is 2.30. The molecule has 2 aliphatic heterocycles. The predicted molar refractivity (Wildman–Crippen MR) is 78.3 cm³/mol. The highest BCUT2D eigenvalue weighted by atomic mass is 16.6. The summed E-state index contributed by atoms with van der Waals surface area (Å²) in [5, 5.41) is 9.21. The second kappa shape index (κ2) is 6.64. The molecule has 3 rings (SSSR count). The third kappa shape index (κ3) is 3.40. The maximum absolute atomic E-state index is 12.2. The van der Waals surface area contributed by atoms with Gasteiger partial charge in [-0.05, 0) is 12.0 Å². The molecule has 2 atom stereocenters. The molecule has 0 bridgehead atoms. The van der Waals surface area contributed by atoms with Gasteiger partial charge in [0.05, 0.1) is 26.4 Å². The van der Waals surface area contributed by atoms with E-state index in [4.69, 9.17) is 14.2 Å². The smallest absolute Gasteiger partial charge is 0.410 e. The van der Waals surface area contributed by atoms with Gasteiger partial charge in [0.1, 0.15) is 18.3 Å². The molecular formula is C16H21NO5. The summed E-state index contributed by atoms with van der Waals surface area (Å²) in [6.45, 7) is 2.06. The molecule has 2 unspecified atom stereocenters. The van der Waals surface area contributed by atoms with E-state index in [1.165, 1.54) is 0 Å². The van der Waals surface area contributed by atoms with Gasteiger partial charge in [0.25, 0.3) is 0 Å². The highest BCUT2D eigenvalue weighted by molar-refractivity contribution is 5.68. The van der Waals surface area contributed by atoms with Gasteiger partial charge in [-0.1, -0.05) is 30.3 Å². The molecule has 2 heterocycles. The Morgan fingerprint density at radius 1 is 1.41 bits per heavy atom. The first-order chi connectivity index (χ1) is 10.7. The van der Waals surface area contributed by atoms with Crippen molar-refractivity contribution in [1.82, 2.24) is 4.90 Å². The molecule has 0 saturated carbocycles. The second-order valence-electron chi connectivity index (χ2n) is 5.83. The molecule has 0 aromatic heterocycles. The summed E-state index contributed by atoms with van der Waals surface area (Å²) in [5.74, 6) is 0. The van der Waals surface area contributed by atoms with Crippen LogP contribution < -0.4 is 0 Å². The van der Waals surface area contributed by atoms with Crippen LogP contribution in [0.15, 0.2) is 30.3 Å². The average molecular weight is 307 g/mol. The number of aliphatic hydroxyl groups excluding tert-OH is 1. The molecule has 22 heavy (non-hydrogen) atoms. The molecule has 2 fully saturated rings. The van der Waals surface area contributed by atoms with Gasteiger partial charge >= 0.3 is 6.09 Å². The van der Waals surface area contributed by atoms with E-state index >= 15 is 0 Å². The molecule has 1 N–H and O–H groups in total. The molecule has 1 amide bonds. The summed E-state index contributed by atoms with van der Waals surface area (Å²) >= 11 is 0. The van der Waals surface area contributed by atoms with Crippen molar-refractivity contribution in [2.45, 2.75) is 24.7 Å². The zero-order valence-electron chi connectivity index (χ0n) is 12.4. The van der Waals surface area contributed by atoms with Gasteiger partial charge in [-0.2, -0.15) is 0 Å². The third-order valence-corrected chi connectivity index (χ3v) is 4.07. The molecular weight excluding hydrogens is 286 g/mol. The number of benzene rings is 1. The van der Waals surface area contributed by atoms with Crippen LogP contribution in [-0.4, -0.2) is 60.7 Å². The van der Waals surface area contributed by atoms with Crippen molar-refractivity contribution in [3.8, 4) is 0 Å². The Balaban J connectivity index is 1.52. The Bertz CT molecular complexity index is 509. The summed E-state index contributed by atoms with van der Waals surface area (Å²) in [6.07, 6.45) is 0.0497. The average Bonchev–Trinajstić information content (AvgIpc) is 2.97. The number of hydrogen-bond acceptors (Lipinski definition) is 5. The summed E-state index contributed by atoms with van der Waals surface area (Å²) in [4.78, 5) is 13.8. The predicted octanol–water partition coefficient (Wildman–Crippen LogP) is 1.18. The molecule has 2 aliphatic rings. The van der Waals surface area contributed by atoms with Crippen LogP contribution in [0.5, 0.6) is 0 Å². The van der Waals surface area contributed by atoms with Crippen molar-refractivity contribution in [1.29, 1.82) is 0 Å². The molecule has 1 aromatic carbocycles. The molecule has 1 spiro atoms. The molecule has 6 nitrogen and oxygen atoms in total. The number of aliphatic hydroxyl groups is 1. The monoisotopic (exact) mass is 307 g/mol. The van der Waals surface area contributed by atoms with Crippen LogP contribution in [0.4, 0.5) is 4.79 Å². The molecule has 0 aliphatic carbocycles. The van der Waals surface area contributed by atoms with E-state index in [1.807, 2.05) is 30.3 Å². The maximum atomic E-state index is 12.2. The number of nitrogens with zero attached hydrogens (tertiary/aromatic N) is 1. The fourth-order valence-electron chi connectivity index (χ4n) is 2.91. The van der Waals surface area contributed by atoms with E-state index in [0.717, 1.165) is 5.56 Å². The van der Waals surface area contributed by atoms with Crippen LogP contribution in [0.3, 0.4) is 0 Å². The van der Waals surface area contributed by atoms with Gasteiger partial charge in [-0.3, -0.25) is 0 Å². The first-order valence-corrected chi connectivity index (χ1v) is 7.53. The van der Waals surface area contributed by atoms with Crippen LogP contribution >= 0.6 is 0 Å². The van der Waals surface area contributed by atoms with E-state index in [9.17, 15) is 9.90 Å². The minimum Gasteiger partial charge on any atom is -0.445 e. The van der Waals surface area contributed by atoms with Gasteiger partial charge in [-0.15, -0.1) is 0 Å². The molecule has 6 heteroatoms. The van der Waals surface area contributed by atoms with Crippen molar-refractivity contribution in [2.24, 2.45) is 0 Å². The quantitative estimate of drug-likeness (QED) is 0.908. The minimum absolute atomic E-state index is 0.0692. The van der Waals surface area contributed by atoms with Crippen molar-refractivity contribution in [2.75, 3.05) is 32.9 Å². The fourth-order valence-corrected chi connectivity index (χ4v) is 2.91. The van der Waals surface area contributed by atoms with Crippen LogP contribution in [0.25, 0.3) is 0 Å². The lowest BCUT2D eigenvalue weighted by molar-refractivity contribution is -0.200. The summed E-state index contributed by atoms with van der Waals surface area (Å²) in [5.41, 5.74) is 0.458. The topological polar surface area (TPSA) is 68.2 Å². The molecule has 120 valence electrons. The first kappa shape index (κ1) is 15.3. The summed E-state index contributed by atoms with van der Waals surface area (Å²) < 4.78 is 16.7. The van der Waals surface area contributed by atoms with Crippen molar-refractivity contribution >= 4 is 6.09 Å². The van der Waals surface area contributed by atoms with Crippen LogP contribution in [0, 0.1) is 0 Å². The number of hydrogen-bond donors (Lipinski definition) is 1. The number of likely N-dealkylation sites (tertiary alicyclic amines) is 1. The maximum Gasteiger partial charge on any atom is 0.410 e. The van der Waals surface area contributed by atoms with Crippen LogP contribution in [0.2, 0.25) is 0 Å². The lowest BCUT2D eigenvalue weighted by Crippen LogP contribution is -2.50. The van der Waals surface area contributed by atoms with E-state index in [2.05, 4.69) is 0 Å². The van der Waals surface area contributed by atoms with Crippen molar-refractivity contribution < 1.29 is 24.1 Å². The van der Waals surface area contributed by atoms with Crippen LogP contribution in [-0.2, 0) is 20.8 Å². The second-order valence-corrected chi connectivity index (χ2v) is 5.83. The van der Waals surface area contributed by atoms with Gasteiger partial charge in [0.2, 0.25) is 0 Å². The van der Waals surface area contributed by atoms with Crippen molar-refractivity contribution in [3.05, 3.63) is 35.9 Å². The lowest BCUT2D eigenvalue weighted by atomic mass is 10.0. The molecule has 1 aromatic rings. The van der Waals surface area contributed by atoms with Gasteiger partial charge < -0.3 is 24.2 Å². The van der Waals surface area contributed by atoms with Gasteiger partial charge in [0, 0.05) is 6.54 Å². The SMILES string of the molecule is O=C(OCc1ccccc1)N1CCC2(COCC(CO)O2)C1. The number of ether oxygens (including phenoxy) is 3. The number of carbonyl (C=O) groups excluding carboxylic acids is 1. The van der Waals surface area contributed by atoms with Crippen molar-refractivity contribution in [3.63, 3.8) is 0 Å². The first-order valence-electron chi connectivity index (χ1n) is 7.53. The van der Waals surface area contributed by atoms with Gasteiger partial charge in [0.15, 0.2) is 0 Å². The number of rotatable bonds is 3. The largest absolute Gasteiger partial charge is 0.445 e. The third-order valence-electron chi connectivity index (χ3n) is 4.07.